The highest BCUT2D eigenvalue weighted by atomic mass is 19.1. The molecule has 9 nitrogen and oxygen atoms in total. The Kier molecular flexibility index (Phi) is 7.31. The van der Waals surface area contributed by atoms with Gasteiger partial charge in [-0.2, -0.15) is 5.10 Å². The Morgan fingerprint density at radius 3 is 2.54 bits per heavy atom. The number of carbonyl (C=O) groups excluding carboxylic acids is 3. The normalized spacial score (nSPS) is 20.2. The van der Waals surface area contributed by atoms with E-state index in [-0.39, 0.29) is 24.8 Å². The van der Waals surface area contributed by atoms with Crippen LogP contribution in [0.5, 0.6) is 5.75 Å². The van der Waals surface area contributed by atoms with E-state index in [9.17, 15) is 18.8 Å². The smallest absolute Gasteiger partial charge is 0.256 e. The van der Waals surface area contributed by atoms with Crippen LogP contribution in [0.3, 0.4) is 0 Å². The third kappa shape index (κ3) is 5.48. The summed E-state index contributed by atoms with van der Waals surface area (Å²) in [4.78, 5) is 41.4. The van der Waals surface area contributed by atoms with Gasteiger partial charge in [0.2, 0.25) is 11.8 Å². The fraction of sp³-hybridized carbons (Fsp3) is 0.407. The van der Waals surface area contributed by atoms with E-state index >= 15 is 0 Å². The van der Waals surface area contributed by atoms with Gasteiger partial charge >= 0.3 is 0 Å². The molecule has 0 radical (unpaired) electrons. The Hall–Kier alpha value is -3.79. The molecule has 4 rings (SSSR count). The first-order valence-electron chi connectivity index (χ1n) is 12.2. The first-order chi connectivity index (χ1) is 17.5. The average molecular weight is 510 g/mol. The minimum Gasteiger partial charge on any atom is -0.488 e. The van der Waals surface area contributed by atoms with Crippen LogP contribution in [0.2, 0.25) is 0 Å². The highest BCUT2D eigenvalue weighted by molar-refractivity contribution is 6.13. The Bertz CT molecular complexity index is 1210. The number of nitrogens with zero attached hydrogens (tertiary/aromatic N) is 3. The number of benzene rings is 2. The summed E-state index contributed by atoms with van der Waals surface area (Å²) < 4.78 is 19.7. The fourth-order valence-electron chi connectivity index (χ4n) is 4.69. The Morgan fingerprint density at radius 2 is 1.86 bits per heavy atom. The standard InChI is InChI=1S/C27H32FN5O4/c1-26(2,29)24(35)30-20(16-37-21-12-8-7-11-19(21)28)23(34)33-14-13-22-27(17-33,25(36)32(3)31-22)15-18-9-5-4-6-10-18/h4-12,20H,13-17,29H2,1-3H3,(H,30,35)/t20?,27-/m1/s1. The molecule has 2 aromatic rings. The van der Waals surface area contributed by atoms with Crippen LogP contribution in [0.25, 0.3) is 0 Å². The highest BCUT2D eigenvalue weighted by Crippen LogP contribution is 2.38. The van der Waals surface area contributed by atoms with Crippen molar-refractivity contribution in [3.8, 4) is 5.75 Å². The van der Waals surface area contributed by atoms with Crippen molar-refractivity contribution in [1.29, 1.82) is 0 Å². The van der Waals surface area contributed by atoms with Gasteiger partial charge in [0.1, 0.15) is 18.1 Å². The monoisotopic (exact) mass is 509 g/mol. The van der Waals surface area contributed by atoms with Gasteiger partial charge in [-0.25, -0.2) is 9.40 Å². The number of para-hydroxylation sites is 1. The van der Waals surface area contributed by atoms with E-state index < -0.39 is 34.6 Å². The summed E-state index contributed by atoms with van der Waals surface area (Å²) >= 11 is 0. The number of rotatable bonds is 8. The van der Waals surface area contributed by atoms with Crippen molar-refractivity contribution in [2.24, 2.45) is 16.3 Å². The number of hydrogen-bond acceptors (Lipinski definition) is 6. The van der Waals surface area contributed by atoms with E-state index in [2.05, 4.69) is 10.4 Å². The highest BCUT2D eigenvalue weighted by Gasteiger charge is 2.54. The van der Waals surface area contributed by atoms with Crippen LogP contribution < -0.4 is 15.8 Å². The molecule has 1 saturated heterocycles. The molecule has 2 aliphatic heterocycles. The van der Waals surface area contributed by atoms with E-state index in [1.165, 1.54) is 37.1 Å². The SMILES string of the molecule is CN1N=C2CCN(C(=O)C(COc3ccccc3F)NC(=O)C(C)(C)N)C[C@@]2(Cc2ccccc2)C1=O. The molecule has 196 valence electrons. The molecule has 3 N–H and O–H groups in total. The number of halogens is 1. The molecule has 1 unspecified atom stereocenters. The summed E-state index contributed by atoms with van der Waals surface area (Å²) in [6.07, 6.45) is 0.796. The van der Waals surface area contributed by atoms with E-state index in [0.29, 0.717) is 19.4 Å². The van der Waals surface area contributed by atoms with Crippen LogP contribution >= 0.6 is 0 Å². The minimum atomic E-state index is -1.25. The van der Waals surface area contributed by atoms with E-state index in [0.717, 1.165) is 11.3 Å². The molecule has 0 aromatic heterocycles. The maximum Gasteiger partial charge on any atom is 0.256 e. The van der Waals surface area contributed by atoms with Gasteiger partial charge in [-0.3, -0.25) is 14.4 Å². The number of nitrogens with one attached hydrogen (secondary N) is 1. The zero-order valence-electron chi connectivity index (χ0n) is 21.2. The van der Waals surface area contributed by atoms with Crippen molar-refractivity contribution in [1.82, 2.24) is 15.2 Å². The van der Waals surface area contributed by atoms with E-state index in [4.69, 9.17) is 10.5 Å². The van der Waals surface area contributed by atoms with Crippen LogP contribution in [0.1, 0.15) is 25.8 Å². The number of carbonyl (C=O) groups is 3. The number of nitrogens with two attached hydrogens (primary N) is 1. The van der Waals surface area contributed by atoms with Crippen molar-refractivity contribution in [2.45, 2.75) is 38.3 Å². The molecule has 1 fully saturated rings. The molecule has 2 atom stereocenters. The average Bonchev–Trinajstić information content (AvgIpc) is 3.11. The lowest BCUT2D eigenvalue weighted by Crippen LogP contribution is -2.62. The van der Waals surface area contributed by atoms with Crippen LogP contribution in [0.4, 0.5) is 4.39 Å². The van der Waals surface area contributed by atoms with Gasteiger partial charge in [-0.1, -0.05) is 42.5 Å². The van der Waals surface area contributed by atoms with Crippen LogP contribution in [-0.4, -0.2) is 71.7 Å². The molecule has 0 bridgehead atoms. The number of hydrazone groups is 1. The number of ether oxygens (including phenoxy) is 1. The summed E-state index contributed by atoms with van der Waals surface area (Å²) in [5.74, 6) is -1.81. The number of amides is 3. The predicted molar refractivity (Wildman–Crippen MR) is 136 cm³/mol. The number of piperidine rings is 1. The van der Waals surface area contributed by atoms with E-state index in [1.54, 1.807) is 18.0 Å². The summed E-state index contributed by atoms with van der Waals surface area (Å²) in [5, 5.41) is 8.47. The first kappa shape index (κ1) is 26.3. The van der Waals surface area contributed by atoms with Gasteiger partial charge in [0.15, 0.2) is 11.6 Å². The molecule has 0 saturated carbocycles. The molecular formula is C27H32FN5O4. The Labute approximate surface area is 215 Å². The minimum absolute atomic E-state index is 0.0391. The van der Waals surface area contributed by atoms with Crippen molar-refractivity contribution in [3.63, 3.8) is 0 Å². The summed E-state index contributed by atoms with van der Waals surface area (Å²) in [7, 11) is 1.61. The Morgan fingerprint density at radius 1 is 1.19 bits per heavy atom. The topological polar surface area (TPSA) is 117 Å². The van der Waals surface area contributed by atoms with Crippen molar-refractivity contribution >= 4 is 23.4 Å². The predicted octanol–water partition coefficient (Wildman–Crippen LogP) is 1.72. The van der Waals surface area contributed by atoms with Crippen molar-refractivity contribution in [2.75, 3.05) is 26.7 Å². The first-order valence-corrected chi connectivity index (χ1v) is 12.2. The van der Waals surface area contributed by atoms with Crippen LogP contribution in [0.15, 0.2) is 59.7 Å². The van der Waals surface area contributed by atoms with Gasteiger partial charge in [-0.15, -0.1) is 0 Å². The lowest BCUT2D eigenvalue weighted by atomic mass is 9.73. The Balaban J connectivity index is 1.59. The lowest BCUT2D eigenvalue weighted by Gasteiger charge is -2.40. The second kappa shape index (κ2) is 10.3. The third-order valence-corrected chi connectivity index (χ3v) is 6.70. The zero-order chi connectivity index (χ0) is 26.8. The number of hydrogen-bond donors (Lipinski definition) is 2. The molecule has 0 aliphatic carbocycles. The number of fused-ring (bicyclic) bond motifs is 1. The molecule has 0 spiro atoms. The zero-order valence-corrected chi connectivity index (χ0v) is 21.2. The van der Waals surface area contributed by atoms with Gasteiger partial charge in [0.25, 0.3) is 5.91 Å². The molecule has 2 aromatic carbocycles. The van der Waals surface area contributed by atoms with Crippen molar-refractivity contribution < 1.29 is 23.5 Å². The third-order valence-electron chi connectivity index (χ3n) is 6.70. The quantitative estimate of drug-likeness (QED) is 0.562. The molecular weight excluding hydrogens is 477 g/mol. The van der Waals surface area contributed by atoms with Crippen LogP contribution in [-0.2, 0) is 20.8 Å². The van der Waals surface area contributed by atoms with E-state index in [1.807, 2.05) is 30.3 Å². The molecule has 3 amide bonds. The summed E-state index contributed by atoms with van der Waals surface area (Å²) in [5.41, 5.74) is 5.37. The maximum absolute atomic E-state index is 14.1. The van der Waals surface area contributed by atoms with Gasteiger partial charge in [-0.05, 0) is 38.0 Å². The summed E-state index contributed by atoms with van der Waals surface area (Å²) in [6, 6.07) is 14.3. The molecule has 10 heteroatoms. The van der Waals surface area contributed by atoms with Crippen molar-refractivity contribution in [3.05, 3.63) is 66.0 Å². The molecule has 2 aliphatic rings. The fourth-order valence-corrected chi connectivity index (χ4v) is 4.69. The largest absolute Gasteiger partial charge is 0.488 e. The molecule has 2 heterocycles. The molecule has 37 heavy (non-hydrogen) atoms. The maximum atomic E-state index is 14.1. The van der Waals surface area contributed by atoms with Gasteiger partial charge in [0, 0.05) is 26.6 Å². The second-order valence-electron chi connectivity index (χ2n) is 10.1. The second-order valence-corrected chi connectivity index (χ2v) is 10.1. The summed E-state index contributed by atoms with van der Waals surface area (Å²) in [6.45, 7) is 3.15. The number of likely N-dealkylation sites (tertiary alicyclic amines) is 1. The van der Waals surface area contributed by atoms with Crippen LogP contribution in [0, 0.1) is 11.2 Å². The van der Waals surface area contributed by atoms with Gasteiger partial charge in [0.05, 0.1) is 11.3 Å². The lowest BCUT2D eigenvalue weighted by molar-refractivity contribution is -0.143. The van der Waals surface area contributed by atoms with Gasteiger partial charge < -0.3 is 20.7 Å².